The predicted molar refractivity (Wildman–Crippen MR) is 130 cm³/mol. The minimum Gasteiger partial charge on any atom is -0.497 e. The minimum atomic E-state index is 0.154. The van der Waals surface area contributed by atoms with E-state index in [1.165, 1.54) is 22.1 Å². The van der Waals surface area contributed by atoms with E-state index in [1.807, 2.05) is 6.07 Å². The summed E-state index contributed by atoms with van der Waals surface area (Å²) in [7, 11) is 3.44. The second-order valence-electron chi connectivity index (χ2n) is 7.91. The first-order valence-electron chi connectivity index (χ1n) is 10.4. The largest absolute Gasteiger partial charge is 0.497 e. The van der Waals surface area contributed by atoms with Crippen molar-refractivity contribution in [3.63, 3.8) is 0 Å². The van der Waals surface area contributed by atoms with Crippen LogP contribution in [0.3, 0.4) is 0 Å². The molecule has 0 amide bonds. The van der Waals surface area contributed by atoms with Gasteiger partial charge in [0.25, 0.3) is 0 Å². The quantitative estimate of drug-likeness (QED) is 0.352. The second kappa shape index (κ2) is 9.08. The van der Waals surface area contributed by atoms with Gasteiger partial charge in [0.2, 0.25) is 0 Å². The van der Waals surface area contributed by atoms with Gasteiger partial charge in [0.15, 0.2) is 4.80 Å². The molecule has 3 aromatic carbocycles. The Labute approximate surface area is 187 Å². The lowest BCUT2D eigenvalue weighted by Gasteiger charge is -2.17. The number of aromatic nitrogens is 1. The van der Waals surface area contributed by atoms with E-state index in [0.717, 1.165) is 27.3 Å². The second-order valence-corrected chi connectivity index (χ2v) is 8.74. The summed E-state index contributed by atoms with van der Waals surface area (Å²) in [6.07, 6.45) is 0. The zero-order chi connectivity index (χ0) is 22.0. The van der Waals surface area contributed by atoms with Gasteiger partial charge in [-0.1, -0.05) is 30.3 Å². The number of hydrogen-bond acceptors (Lipinski definition) is 4. The van der Waals surface area contributed by atoms with Crippen molar-refractivity contribution in [2.24, 2.45) is 4.99 Å². The molecule has 0 saturated carbocycles. The van der Waals surface area contributed by atoms with E-state index in [2.05, 4.69) is 79.2 Å². The molecule has 1 heterocycles. The molecule has 0 fully saturated rings. The predicted octanol–water partition coefficient (Wildman–Crippen LogP) is 6.44. The number of rotatable bonds is 6. The van der Waals surface area contributed by atoms with Gasteiger partial charge >= 0.3 is 0 Å². The number of nitrogens with zero attached hydrogens (tertiary/aromatic N) is 2. The molecule has 4 rings (SSSR count). The Kier molecular flexibility index (Phi) is 6.25. The number of fused-ring (bicyclic) bond motifs is 1. The third kappa shape index (κ3) is 4.43. The monoisotopic (exact) mass is 432 g/mol. The van der Waals surface area contributed by atoms with Crippen molar-refractivity contribution in [1.29, 1.82) is 0 Å². The van der Waals surface area contributed by atoms with E-state index < -0.39 is 0 Å². The van der Waals surface area contributed by atoms with Crippen LogP contribution in [0.2, 0.25) is 0 Å². The van der Waals surface area contributed by atoms with Gasteiger partial charge in [0.1, 0.15) is 5.75 Å². The third-order valence-electron chi connectivity index (χ3n) is 5.51. The fourth-order valence-corrected chi connectivity index (χ4v) is 4.82. The molecule has 0 radical (unpaired) electrons. The highest BCUT2D eigenvalue weighted by atomic mass is 32.1. The highest BCUT2D eigenvalue weighted by Crippen LogP contribution is 2.29. The molecule has 5 heteroatoms. The summed E-state index contributed by atoms with van der Waals surface area (Å²) in [5, 5.41) is 4.54. The Morgan fingerprint density at radius 2 is 1.74 bits per heavy atom. The molecule has 0 saturated heterocycles. The maximum atomic E-state index is 5.49. The summed E-state index contributed by atoms with van der Waals surface area (Å²) >= 11 is 1.67. The first kappa shape index (κ1) is 21.3. The molecule has 1 atom stereocenters. The van der Waals surface area contributed by atoms with Gasteiger partial charge < -0.3 is 14.0 Å². The molecule has 4 aromatic rings. The molecule has 1 aromatic heterocycles. The van der Waals surface area contributed by atoms with E-state index in [1.54, 1.807) is 25.6 Å². The fraction of sp³-hybridized carbons (Fsp3) is 0.269. The van der Waals surface area contributed by atoms with Gasteiger partial charge in [-0.2, -0.15) is 0 Å². The van der Waals surface area contributed by atoms with Crippen LogP contribution in [0, 0.1) is 13.8 Å². The van der Waals surface area contributed by atoms with Crippen LogP contribution in [0.5, 0.6) is 5.75 Å². The van der Waals surface area contributed by atoms with Gasteiger partial charge in [0.05, 0.1) is 31.1 Å². The van der Waals surface area contributed by atoms with Crippen LogP contribution in [0.1, 0.15) is 24.1 Å². The topological polar surface area (TPSA) is 35.8 Å². The van der Waals surface area contributed by atoms with Crippen molar-refractivity contribution in [3.05, 3.63) is 75.9 Å². The summed E-state index contributed by atoms with van der Waals surface area (Å²) < 4.78 is 13.1. The SMILES string of the molecule is COCC(C)n1c(-c2ccc3cc(OC)ccc3c2)csc1=Nc1cc(C)ccc1C. The van der Waals surface area contributed by atoms with Crippen LogP contribution in [-0.2, 0) is 4.74 Å². The number of hydrogen-bond donors (Lipinski definition) is 0. The minimum absolute atomic E-state index is 0.154. The standard InChI is InChI=1S/C26H28N2O2S/c1-17-6-7-18(2)24(12-17)27-26-28(19(3)15-29-4)25(16-31-26)22-9-8-21-14-23(30-5)11-10-20(21)13-22/h6-14,16,19H,15H2,1-5H3. The lowest BCUT2D eigenvalue weighted by Crippen LogP contribution is -2.23. The van der Waals surface area contributed by atoms with Crippen LogP contribution in [-0.4, -0.2) is 25.4 Å². The average molecular weight is 433 g/mol. The lowest BCUT2D eigenvalue weighted by molar-refractivity contribution is 0.162. The Morgan fingerprint density at radius 3 is 2.52 bits per heavy atom. The molecule has 0 aliphatic heterocycles. The van der Waals surface area contributed by atoms with Crippen LogP contribution in [0.15, 0.2) is 65.0 Å². The molecule has 4 nitrogen and oxygen atoms in total. The van der Waals surface area contributed by atoms with Gasteiger partial charge in [-0.05, 0) is 72.5 Å². The molecule has 0 aliphatic rings. The Balaban J connectivity index is 1.87. The number of ether oxygens (including phenoxy) is 2. The smallest absolute Gasteiger partial charge is 0.190 e. The van der Waals surface area contributed by atoms with E-state index in [9.17, 15) is 0 Å². The fourth-order valence-electron chi connectivity index (χ4n) is 3.81. The Morgan fingerprint density at radius 1 is 0.968 bits per heavy atom. The number of benzene rings is 3. The zero-order valence-electron chi connectivity index (χ0n) is 18.7. The summed E-state index contributed by atoms with van der Waals surface area (Å²) in [4.78, 5) is 6.02. The van der Waals surface area contributed by atoms with Crippen molar-refractivity contribution < 1.29 is 9.47 Å². The normalized spacial score (nSPS) is 13.0. The summed E-state index contributed by atoms with van der Waals surface area (Å²) in [5.74, 6) is 0.870. The summed E-state index contributed by atoms with van der Waals surface area (Å²) in [5.41, 5.74) is 5.71. The van der Waals surface area contributed by atoms with Gasteiger partial charge in [-0.3, -0.25) is 0 Å². The molecule has 160 valence electrons. The van der Waals surface area contributed by atoms with E-state index in [0.29, 0.717) is 6.61 Å². The Bertz CT molecular complexity index is 1290. The van der Waals surface area contributed by atoms with E-state index in [-0.39, 0.29) is 6.04 Å². The molecular formula is C26H28N2O2S. The highest BCUT2D eigenvalue weighted by Gasteiger charge is 2.15. The molecule has 0 bridgehead atoms. The van der Waals surface area contributed by atoms with E-state index in [4.69, 9.17) is 14.5 Å². The van der Waals surface area contributed by atoms with Crippen molar-refractivity contribution in [2.45, 2.75) is 26.8 Å². The van der Waals surface area contributed by atoms with Crippen LogP contribution >= 0.6 is 11.3 Å². The van der Waals surface area contributed by atoms with E-state index >= 15 is 0 Å². The first-order chi connectivity index (χ1) is 15.0. The van der Waals surface area contributed by atoms with Crippen molar-refractivity contribution in [3.8, 4) is 17.0 Å². The summed E-state index contributed by atoms with van der Waals surface area (Å²) in [6.45, 7) is 7.00. The first-order valence-corrected chi connectivity index (χ1v) is 11.3. The van der Waals surface area contributed by atoms with Crippen LogP contribution < -0.4 is 9.54 Å². The molecule has 31 heavy (non-hydrogen) atoms. The molecule has 0 N–H and O–H groups in total. The maximum absolute atomic E-state index is 5.49. The van der Waals surface area contributed by atoms with Gasteiger partial charge in [-0.15, -0.1) is 11.3 Å². The maximum Gasteiger partial charge on any atom is 0.190 e. The molecule has 1 unspecified atom stereocenters. The summed E-state index contributed by atoms with van der Waals surface area (Å²) in [6, 6.07) is 19.3. The molecule has 0 aliphatic carbocycles. The van der Waals surface area contributed by atoms with Gasteiger partial charge in [-0.25, -0.2) is 4.99 Å². The van der Waals surface area contributed by atoms with Crippen molar-refractivity contribution in [2.75, 3.05) is 20.8 Å². The lowest BCUT2D eigenvalue weighted by atomic mass is 10.0. The molecule has 0 spiro atoms. The van der Waals surface area contributed by atoms with Crippen LogP contribution in [0.25, 0.3) is 22.0 Å². The average Bonchev–Trinajstić information content (AvgIpc) is 3.19. The zero-order valence-corrected chi connectivity index (χ0v) is 19.5. The van der Waals surface area contributed by atoms with Gasteiger partial charge in [0, 0.05) is 12.5 Å². The number of thiazole rings is 1. The highest BCUT2D eigenvalue weighted by molar-refractivity contribution is 7.07. The third-order valence-corrected chi connectivity index (χ3v) is 6.35. The van der Waals surface area contributed by atoms with Crippen LogP contribution in [0.4, 0.5) is 5.69 Å². The number of methoxy groups -OCH3 is 2. The van der Waals surface area contributed by atoms with Crippen molar-refractivity contribution in [1.82, 2.24) is 4.57 Å². The van der Waals surface area contributed by atoms with Crippen molar-refractivity contribution >= 4 is 27.8 Å². The molecular weight excluding hydrogens is 404 g/mol. The Hall–Kier alpha value is -2.89. The number of aryl methyl sites for hydroxylation is 2.